The van der Waals surface area contributed by atoms with E-state index in [9.17, 15) is 14.0 Å². The molecule has 1 aromatic carbocycles. The number of amides is 2. The second-order valence-electron chi connectivity index (χ2n) is 7.04. The Morgan fingerprint density at radius 2 is 1.85 bits per heavy atom. The van der Waals surface area contributed by atoms with Gasteiger partial charge in [0.1, 0.15) is 17.2 Å². The highest BCUT2D eigenvalue weighted by atomic mass is 19.1. The number of carbonyl (C=O) groups excluding carboxylic acids is 2. The molecule has 0 fully saturated rings. The molecular formula is C19H23FN4O3. The first-order chi connectivity index (χ1) is 12.6. The monoisotopic (exact) mass is 374 g/mol. The molecule has 0 saturated heterocycles. The summed E-state index contributed by atoms with van der Waals surface area (Å²) in [5, 5.41) is 5.02. The number of carbonyl (C=O) groups is 2. The molecule has 144 valence electrons. The maximum absolute atomic E-state index is 14.0. The van der Waals surface area contributed by atoms with Crippen LogP contribution in [-0.4, -0.2) is 36.7 Å². The van der Waals surface area contributed by atoms with Crippen molar-refractivity contribution >= 4 is 29.2 Å². The third-order valence-electron chi connectivity index (χ3n) is 3.31. The van der Waals surface area contributed by atoms with Crippen molar-refractivity contribution in [2.45, 2.75) is 26.4 Å². The molecule has 0 saturated carbocycles. The highest BCUT2D eigenvalue weighted by Gasteiger charge is 2.18. The molecular weight excluding hydrogens is 351 g/mol. The van der Waals surface area contributed by atoms with Crippen LogP contribution in [-0.2, 0) is 4.74 Å². The Morgan fingerprint density at radius 3 is 2.48 bits per heavy atom. The molecule has 0 aliphatic heterocycles. The van der Waals surface area contributed by atoms with E-state index < -0.39 is 23.4 Å². The lowest BCUT2D eigenvalue weighted by Gasteiger charge is -2.20. The molecule has 2 N–H and O–H groups in total. The van der Waals surface area contributed by atoms with Gasteiger partial charge in [-0.15, -0.1) is 0 Å². The Morgan fingerprint density at radius 1 is 1.15 bits per heavy atom. The molecule has 2 aromatic rings. The Labute approximate surface area is 157 Å². The summed E-state index contributed by atoms with van der Waals surface area (Å²) in [4.78, 5) is 30.3. The minimum Gasteiger partial charge on any atom is -0.444 e. The van der Waals surface area contributed by atoms with Crippen LogP contribution < -0.4 is 15.5 Å². The number of benzene rings is 1. The summed E-state index contributed by atoms with van der Waals surface area (Å²) in [5.41, 5.74) is -0.120. The van der Waals surface area contributed by atoms with Crippen molar-refractivity contribution in [3.8, 4) is 0 Å². The Hall–Kier alpha value is -3.16. The van der Waals surface area contributed by atoms with E-state index in [2.05, 4.69) is 15.6 Å². The van der Waals surface area contributed by atoms with Crippen LogP contribution >= 0.6 is 0 Å². The van der Waals surface area contributed by atoms with Gasteiger partial charge in [-0.3, -0.25) is 10.1 Å². The maximum Gasteiger partial charge on any atom is 0.412 e. The molecule has 8 heteroatoms. The summed E-state index contributed by atoms with van der Waals surface area (Å²) >= 11 is 0. The SMILES string of the molecule is CN(C)c1ncccc1C(=O)Nc1ccc(F)c(NC(=O)OC(C)(C)C)c1. The lowest BCUT2D eigenvalue weighted by atomic mass is 10.2. The number of ether oxygens (including phenoxy) is 1. The van der Waals surface area contributed by atoms with Crippen LogP contribution in [0.4, 0.5) is 26.4 Å². The van der Waals surface area contributed by atoms with E-state index in [1.54, 1.807) is 58.1 Å². The number of aromatic nitrogens is 1. The van der Waals surface area contributed by atoms with Crippen LogP contribution in [0.5, 0.6) is 0 Å². The summed E-state index contributed by atoms with van der Waals surface area (Å²) in [6, 6.07) is 7.17. The van der Waals surface area contributed by atoms with Gasteiger partial charge in [0, 0.05) is 26.0 Å². The van der Waals surface area contributed by atoms with Gasteiger partial charge in [-0.25, -0.2) is 14.2 Å². The van der Waals surface area contributed by atoms with Crippen molar-refractivity contribution in [2.75, 3.05) is 29.6 Å². The number of nitrogens with zero attached hydrogens (tertiary/aromatic N) is 2. The predicted molar refractivity (Wildman–Crippen MR) is 103 cm³/mol. The first-order valence-electron chi connectivity index (χ1n) is 8.30. The second-order valence-corrected chi connectivity index (χ2v) is 7.04. The van der Waals surface area contributed by atoms with Crippen molar-refractivity contribution in [1.29, 1.82) is 0 Å². The Bertz CT molecular complexity index is 847. The summed E-state index contributed by atoms with van der Waals surface area (Å²) < 4.78 is 19.1. The molecule has 27 heavy (non-hydrogen) atoms. The van der Waals surface area contributed by atoms with Gasteiger partial charge < -0.3 is 15.0 Å². The van der Waals surface area contributed by atoms with Crippen LogP contribution in [0.15, 0.2) is 36.5 Å². The van der Waals surface area contributed by atoms with Crippen molar-refractivity contribution < 1.29 is 18.7 Å². The minimum atomic E-state index is -0.785. The van der Waals surface area contributed by atoms with Gasteiger partial charge in [0.25, 0.3) is 5.91 Å². The number of hydrogen-bond acceptors (Lipinski definition) is 5. The molecule has 0 unspecified atom stereocenters. The standard InChI is InChI=1S/C19H23FN4O3/c1-19(2,3)27-18(26)23-15-11-12(8-9-14(15)20)22-17(25)13-7-6-10-21-16(13)24(4)5/h6-11H,1-5H3,(H,22,25)(H,23,26). The van der Waals surface area contributed by atoms with Crippen LogP contribution in [0.2, 0.25) is 0 Å². The topological polar surface area (TPSA) is 83.6 Å². The van der Waals surface area contributed by atoms with Gasteiger partial charge in [0.05, 0.1) is 11.3 Å². The van der Waals surface area contributed by atoms with Crippen LogP contribution in [0, 0.1) is 5.82 Å². The van der Waals surface area contributed by atoms with E-state index in [-0.39, 0.29) is 5.69 Å². The third-order valence-corrected chi connectivity index (χ3v) is 3.31. The number of halogens is 1. The number of hydrogen-bond donors (Lipinski definition) is 2. The van der Waals surface area contributed by atoms with Gasteiger partial charge in [-0.2, -0.15) is 0 Å². The quantitative estimate of drug-likeness (QED) is 0.848. The summed E-state index contributed by atoms with van der Waals surface area (Å²) in [5.74, 6) is -0.542. The summed E-state index contributed by atoms with van der Waals surface area (Å²) in [6.07, 6.45) is 0.805. The minimum absolute atomic E-state index is 0.0962. The fraction of sp³-hybridized carbons (Fsp3) is 0.316. The Kier molecular flexibility index (Phi) is 5.99. The van der Waals surface area contributed by atoms with E-state index in [1.807, 2.05) is 0 Å². The molecule has 0 radical (unpaired) electrons. The first-order valence-corrected chi connectivity index (χ1v) is 8.30. The van der Waals surface area contributed by atoms with E-state index >= 15 is 0 Å². The average Bonchev–Trinajstić information content (AvgIpc) is 2.56. The molecule has 0 atom stereocenters. The lowest BCUT2D eigenvalue weighted by molar-refractivity contribution is 0.0635. The van der Waals surface area contributed by atoms with Crippen LogP contribution in [0.3, 0.4) is 0 Å². The molecule has 1 heterocycles. The van der Waals surface area contributed by atoms with Crippen LogP contribution in [0.25, 0.3) is 0 Å². The van der Waals surface area contributed by atoms with E-state index in [0.717, 1.165) is 6.07 Å². The van der Waals surface area contributed by atoms with Crippen LogP contribution in [0.1, 0.15) is 31.1 Å². The van der Waals surface area contributed by atoms with Gasteiger partial charge in [-0.1, -0.05) is 0 Å². The van der Waals surface area contributed by atoms with Crippen molar-refractivity contribution in [2.24, 2.45) is 0 Å². The fourth-order valence-electron chi connectivity index (χ4n) is 2.24. The maximum atomic E-state index is 14.0. The van der Waals surface area contributed by atoms with Crippen molar-refractivity contribution in [1.82, 2.24) is 4.98 Å². The highest BCUT2D eigenvalue weighted by molar-refractivity contribution is 6.07. The molecule has 0 spiro atoms. The van der Waals surface area contributed by atoms with Gasteiger partial charge in [-0.05, 0) is 51.1 Å². The molecule has 2 amide bonds. The zero-order chi connectivity index (χ0) is 20.2. The lowest BCUT2D eigenvalue weighted by Crippen LogP contribution is -2.27. The van der Waals surface area contributed by atoms with Crippen molar-refractivity contribution in [3.05, 3.63) is 47.9 Å². The number of nitrogens with one attached hydrogen (secondary N) is 2. The summed E-state index contributed by atoms with van der Waals surface area (Å²) in [7, 11) is 3.56. The third kappa shape index (κ3) is 5.67. The summed E-state index contributed by atoms with van der Waals surface area (Å²) in [6.45, 7) is 5.11. The molecule has 0 aliphatic carbocycles. The molecule has 0 aliphatic rings. The number of pyridine rings is 1. The van der Waals surface area contributed by atoms with Gasteiger partial charge in [0.2, 0.25) is 0 Å². The fourth-order valence-corrected chi connectivity index (χ4v) is 2.24. The highest BCUT2D eigenvalue weighted by Crippen LogP contribution is 2.22. The number of anilines is 3. The Balaban J connectivity index is 2.19. The van der Waals surface area contributed by atoms with Crippen molar-refractivity contribution in [3.63, 3.8) is 0 Å². The largest absolute Gasteiger partial charge is 0.444 e. The van der Waals surface area contributed by atoms with Gasteiger partial charge in [0.15, 0.2) is 0 Å². The second kappa shape index (κ2) is 8.03. The molecule has 0 bridgehead atoms. The van der Waals surface area contributed by atoms with Gasteiger partial charge >= 0.3 is 6.09 Å². The predicted octanol–water partition coefficient (Wildman–Crippen LogP) is 3.89. The average molecular weight is 374 g/mol. The zero-order valence-corrected chi connectivity index (χ0v) is 16.0. The normalized spacial score (nSPS) is 10.9. The molecule has 7 nitrogen and oxygen atoms in total. The zero-order valence-electron chi connectivity index (χ0n) is 16.0. The first kappa shape index (κ1) is 20.2. The van der Waals surface area contributed by atoms with E-state index in [0.29, 0.717) is 17.1 Å². The van der Waals surface area contributed by atoms with E-state index in [1.165, 1.54) is 12.1 Å². The molecule has 1 aromatic heterocycles. The van der Waals surface area contributed by atoms with E-state index in [4.69, 9.17) is 4.74 Å². The smallest absolute Gasteiger partial charge is 0.412 e. The number of rotatable bonds is 4. The molecule has 2 rings (SSSR count).